The summed E-state index contributed by atoms with van der Waals surface area (Å²) in [7, 11) is 0. The molecule has 1 unspecified atom stereocenters. The Morgan fingerprint density at radius 1 is 1.26 bits per heavy atom. The Hall–Kier alpha value is -1.49. The largest absolute Gasteiger partial charge is 0.465 e. The summed E-state index contributed by atoms with van der Waals surface area (Å²) in [6, 6.07) is 4.39. The molecule has 0 aromatic carbocycles. The Morgan fingerprint density at radius 2 is 2.04 bits per heavy atom. The maximum absolute atomic E-state index is 5.90. The van der Waals surface area contributed by atoms with Crippen molar-refractivity contribution in [2.24, 2.45) is 4.99 Å². The highest BCUT2D eigenvalue weighted by Gasteiger charge is 2.25. The molecule has 0 saturated carbocycles. The molecule has 2 heterocycles. The molecule has 1 aliphatic rings. The van der Waals surface area contributed by atoms with Crippen LogP contribution in [0.3, 0.4) is 0 Å². The number of aliphatic imine (C=N–C) groups is 1. The van der Waals surface area contributed by atoms with E-state index in [0.717, 1.165) is 56.6 Å². The van der Waals surface area contributed by atoms with Gasteiger partial charge < -0.3 is 15.1 Å². The van der Waals surface area contributed by atoms with Crippen LogP contribution in [0.15, 0.2) is 21.5 Å². The minimum Gasteiger partial charge on any atom is -0.465 e. The molecule has 1 atom stereocenters. The van der Waals surface area contributed by atoms with E-state index >= 15 is 0 Å². The van der Waals surface area contributed by atoms with Gasteiger partial charge in [-0.05, 0) is 58.3 Å². The standard InChI is InChI=1S/C18H32N4O/c1-4-6-11-20-18(19-5-2)21-14-16(22-12-7-8-13-22)17-10-9-15(3)23-17/h9-10,16H,4-8,11-14H2,1-3H3,(H2,19,20,21). The molecule has 0 bridgehead atoms. The Balaban J connectivity index is 2.03. The molecule has 0 aliphatic carbocycles. The van der Waals surface area contributed by atoms with Crippen LogP contribution in [0.4, 0.5) is 0 Å². The molecule has 0 amide bonds. The number of hydrogen-bond acceptors (Lipinski definition) is 3. The van der Waals surface area contributed by atoms with Crippen LogP contribution in [-0.2, 0) is 0 Å². The first-order valence-corrected chi connectivity index (χ1v) is 9.07. The van der Waals surface area contributed by atoms with Gasteiger partial charge in [-0.2, -0.15) is 0 Å². The van der Waals surface area contributed by atoms with Gasteiger partial charge >= 0.3 is 0 Å². The van der Waals surface area contributed by atoms with Crippen LogP contribution < -0.4 is 10.6 Å². The summed E-state index contributed by atoms with van der Waals surface area (Å²) in [6.45, 7) is 11.2. The lowest BCUT2D eigenvalue weighted by Crippen LogP contribution is -2.38. The van der Waals surface area contributed by atoms with Crippen molar-refractivity contribution < 1.29 is 4.42 Å². The van der Waals surface area contributed by atoms with E-state index in [4.69, 9.17) is 9.41 Å². The second kappa shape index (κ2) is 9.60. The highest BCUT2D eigenvalue weighted by Crippen LogP contribution is 2.26. The van der Waals surface area contributed by atoms with Crippen molar-refractivity contribution in [3.63, 3.8) is 0 Å². The number of aryl methyl sites for hydroxylation is 1. The van der Waals surface area contributed by atoms with E-state index in [1.807, 2.05) is 13.0 Å². The van der Waals surface area contributed by atoms with Crippen LogP contribution in [-0.4, -0.2) is 43.6 Å². The summed E-state index contributed by atoms with van der Waals surface area (Å²) >= 11 is 0. The third-order valence-electron chi connectivity index (χ3n) is 4.26. The molecule has 1 saturated heterocycles. The van der Waals surface area contributed by atoms with Crippen molar-refractivity contribution >= 4 is 5.96 Å². The number of unbranched alkanes of at least 4 members (excludes halogenated alkanes) is 1. The minimum absolute atomic E-state index is 0.243. The summed E-state index contributed by atoms with van der Waals surface area (Å²) in [6.07, 6.45) is 4.90. The van der Waals surface area contributed by atoms with Gasteiger partial charge in [0.05, 0.1) is 12.6 Å². The Morgan fingerprint density at radius 3 is 2.65 bits per heavy atom. The van der Waals surface area contributed by atoms with E-state index in [2.05, 4.69) is 35.4 Å². The van der Waals surface area contributed by atoms with Gasteiger partial charge in [0.25, 0.3) is 0 Å². The highest BCUT2D eigenvalue weighted by atomic mass is 16.3. The number of nitrogens with one attached hydrogen (secondary N) is 2. The van der Waals surface area contributed by atoms with Crippen molar-refractivity contribution in [3.05, 3.63) is 23.7 Å². The van der Waals surface area contributed by atoms with Crippen LogP contribution in [0, 0.1) is 6.92 Å². The van der Waals surface area contributed by atoms with E-state index in [9.17, 15) is 0 Å². The molecular weight excluding hydrogens is 288 g/mol. The quantitative estimate of drug-likeness (QED) is 0.439. The monoisotopic (exact) mass is 320 g/mol. The molecule has 2 N–H and O–H groups in total. The number of hydrogen-bond donors (Lipinski definition) is 2. The summed E-state index contributed by atoms with van der Waals surface area (Å²) in [4.78, 5) is 7.31. The fourth-order valence-corrected chi connectivity index (χ4v) is 2.97. The lowest BCUT2D eigenvalue weighted by Gasteiger charge is -2.24. The third kappa shape index (κ3) is 5.57. The first-order chi connectivity index (χ1) is 11.2. The minimum atomic E-state index is 0.243. The zero-order valence-electron chi connectivity index (χ0n) is 14.9. The van der Waals surface area contributed by atoms with Crippen molar-refractivity contribution in [2.75, 3.05) is 32.7 Å². The molecular formula is C18H32N4O. The zero-order chi connectivity index (χ0) is 16.5. The fraction of sp³-hybridized carbons (Fsp3) is 0.722. The lowest BCUT2D eigenvalue weighted by atomic mass is 10.2. The zero-order valence-corrected chi connectivity index (χ0v) is 14.9. The van der Waals surface area contributed by atoms with Gasteiger partial charge in [-0.1, -0.05) is 13.3 Å². The van der Waals surface area contributed by atoms with Crippen LogP contribution >= 0.6 is 0 Å². The molecule has 1 aliphatic heterocycles. The van der Waals surface area contributed by atoms with Gasteiger partial charge in [-0.3, -0.25) is 9.89 Å². The molecule has 130 valence electrons. The molecule has 1 aromatic rings. The van der Waals surface area contributed by atoms with Gasteiger partial charge in [0.15, 0.2) is 5.96 Å². The van der Waals surface area contributed by atoms with Crippen LogP contribution in [0.5, 0.6) is 0 Å². The predicted octanol–water partition coefficient (Wildman–Crippen LogP) is 3.08. The Kier molecular flexibility index (Phi) is 7.46. The van der Waals surface area contributed by atoms with E-state index < -0.39 is 0 Å². The first-order valence-electron chi connectivity index (χ1n) is 9.07. The normalized spacial score (nSPS) is 17.4. The number of likely N-dealkylation sites (tertiary alicyclic amines) is 1. The molecule has 5 heteroatoms. The average Bonchev–Trinajstić information content (AvgIpc) is 3.20. The van der Waals surface area contributed by atoms with E-state index in [-0.39, 0.29) is 6.04 Å². The predicted molar refractivity (Wildman–Crippen MR) is 95.9 cm³/mol. The molecule has 0 radical (unpaired) electrons. The molecule has 1 fully saturated rings. The maximum Gasteiger partial charge on any atom is 0.191 e. The second-order valence-corrected chi connectivity index (χ2v) is 6.21. The molecule has 5 nitrogen and oxygen atoms in total. The van der Waals surface area contributed by atoms with E-state index in [0.29, 0.717) is 0 Å². The number of furan rings is 1. The summed E-state index contributed by atoms with van der Waals surface area (Å²) in [5.74, 6) is 2.92. The molecule has 0 spiro atoms. The van der Waals surface area contributed by atoms with Crippen molar-refractivity contribution in [1.29, 1.82) is 0 Å². The van der Waals surface area contributed by atoms with Gasteiger partial charge in [0.1, 0.15) is 11.5 Å². The summed E-state index contributed by atoms with van der Waals surface area (Å²) in [5.41, 5.74) is 0. The van der Waals surface area contributed by atoms with Crippen molar-refractivity contribution in [1.82, 2.24) is 15.5 Å². The van der Waals surface area contributed by atoms with Gasteiger partial charge in [0, 0.05) is 13.1 Å². The van der Waals surface area contributed by atoms with Crippen molar-refractivity contribution in [2.45, 2.75) is 52.5 Å². The van der Waals surface area contributed by atoms with Crippen LogP contribution in [0.1, 0.15) is 57.1 Å². The average molecular weight is 320 g/mol. The maximum atomic E-state index is 5.90. The summed E-state index contributed by atoms with van der Waals surface area (Å²) < 4.78 is 5.90. The number of rotatable bonds is 8. The summed E-state index contributed by atoms with van der Waals surface area (Å²) in [5, 5.41) is 6.75. The first kappa shape index (κ1) is 17.9. The fourth-order valence-electron chi connectivity index (χ4n) is 2.97. The van der Waals surface area contributed by atoms with Crippen molar-refractivity contribution in [3.8, 4) is 0 Å². The highest BCUT2D eigenvalue weighted by molar-refractivity contribution is 5.79. The SMILES string of the molecule is CCCCNC(=NCC(c1ccc(C)o1)N1CCCC1)NCC. The molecule has 23 heavy (non-hydrogen) atoms. The van der Waals surface area contributed by atoms with Gasteiger partial charge in [-0.25, -0.2) is 0 Å². The Labute approximate surface area is 140 Å². The number of nitrogens with zero attached hydrogens (tertiary/aromatic N) is 2. The Bertz CT molecular complexity index is 477. The van der Waals surface area contributed by atoms with Crippen LogP contribution in [0.25, 0.3) is 0 Å². The van der Waals surface area contributed by atoms with E-state index in [1.165, 1.54) is 19.3 Å². The lowest BCUT2D eigenvalue weighted by molar-refractivity contribution is 0.219. The second-order valence-electron chi connectivity index (χ2n) is 6.21. The smallest absolute Gasteiger partial charge is 0.191 e. The van der Waals surface area contributed by atoms with E-state index in [1.54, 1.807) is 0 Å². The third-order valence-corrected chi connectivity index (χ3v) is 4.26. The van der Waals surface area contributed by atoms with Crippen LogP contribution in [0.2, 0.25) is 0 Å². The van der Waals surface area contributed by atoms with Gasteiger partial charge in [-0.15, -0.1) is 0 Å². The van der Waals surface area contributed by atoms with Gasteiger partial charge in [0.2, 0.25) is 0 Å². The molecule has 1 aromatic heterocycles. The molecule has 2 rings (SSSR count). The topological polar surface area (TPSA) is 52.8 Å². The number of guanidine groups is 1.